The highest BCUT2D eigenvalue weighted by Gasteiger charge is 2.31. The lowest BCUT2D eigenvalue weighted by molar-refractivity contribution is -0.137. The molecule has 1 aromatic rings. The number of hydrazine groups is 1. The number of alkyl halides is 3. The average molecular weight is 206 g/mol. The van der Waals surface area contributed by atoms with Crippen LogP contribution in [-0.2, 0) is 6.18 Å². The summed E-state index contributed by atoms with van der Waals surface area (Å²) in [4.78, 5) is 3.74. The number of anilines is 2. The number of aromatic nitrogens is 1. The maximum Gasteiger partial charge on any atom is 0.416 e. The van der Waals surface area contributed by atoms with Crippen LogP contribution >= 0.6 is 0 Å². The number of nitrogens with one attached hydrogen (secondary N) is 2. The highest BCUT2D eigenvalue weighted by Crippen LogP contribution is 2.31. The van der Waals surface area contributed by atoms with Crippen molar-refractivity contribution in [2.45, 2.75) is 6.18 Å². The third kappa shape index (κ3) is 2.25. The zero-order valence-electron chi connectivity index (χ0n) is 7.31. The van der Waals surface area contributed by atoms with Crippen LogP contribution in [0.4, 0.5) is 24.8 Å². The zero-order valence-corrected chi connectivity index (χ0v) is 7.31. The maximum absolute atomic E-state index is 12.3. The highest BCUT2D eigenvalue weighted by atomic mass is 19.4. The second-order valence-electron chi connectivity index (χ2n) is 2.52. The topological polar surface area (TPSA) is 63.0 Å². The lowest BCUT2D eigenvalue weighted by Crippen LogP contribution is -2.13. The van der Waals surface area contributed by atoms with Crippen molar-refractivity contribution >= 4 is 11.6 Å². The summed E-state index contributed by atoms with van der Waals surface area (Å²) in [6.45, 7) is 0. The number of nitrogen functional groups attached to an aromatic ring is 1. The SMILES string of the molecule is CNc1cc(C(F)(F)F)cc(NN)n1. The summed E-state index contributed by atoms with van der Waals surface area (Å²) in [6.07, 6.45) is -4.40. The molecule has 4 nitrogen and oxygen atoms in total. The van der Waals surface area contributed by atoms with E-state index in [1.54, 1.807) is 0 Å². The van der Waals surface area contributed by atoms with Gasteiger partial charge < -0.3 is 10.7 Å². The first-order chi connectivity index (χ1) is 6.47. The van der Waals surface area contributed by atoms with Gasteiger partial charge in [-0.2, -0.15) is 13.2 Å². The minimum absolute atomic E-state index is 0.0378. The van der Waals surface area contributed by atoms with Crippen LogP contribution in [0.2, 0.25) is 0 Å². The van der Waals surface area contributed by atoms with E-state index >= 15 is 0 Å². The Morgan fingerprint density at radius 3 is 2.29 bits per heavy atom. The van der Waals surface area contributed by atoms with Crippen LogP contribution in [-0.4, -0.2) is 12.0 Å². The fraction of sp³-hybridized carbons (Fsp3) is 0.286. The fourth-order valence-corrected chi connectivity index (χ4v) is 0.896. The monoisotopic (exact) mass is 206 g/mol. The van der Waals surface area contributed by atoms with Crippen molar-refractivity contribution < 1.29 is 13.2 Å². The van der Waals surface area contributed by atoms with Gasteiger partial charge in [0.25, 0.3) is 0 Å². The van der Waals surface area contributed by atoms with Gasteiger partial charge in [0.1, 0.15) is 11.6 Å². The van der Waals surface area contributed by atoms with Gasteiger partial charge in [-0.1, -0.05) is 0 Å². The van der Waals surface area contributed by atoms with Crippen molar-refractivity contribution in [2.24, 2.45) is 5.84 Å². The number of halogens is 3. The van der Waals surface area contributed by atoms with Gasteiger partial charge in [-0.15, -0.1) is 0 Å². The molecular weight excluding hydrogens is 197 g/mol. The van der Waals surface area contributed by atoms with Crippen LogP contribution in [0, 0.1) is 0 Å². The molecule has 0 bridgehead atoms. The second-order valence-corrected chi connectivity index (χ2v) is 2.52. The quantitative estimate of drug-likeness (QED) is 0.506. The smallest absolute Gasteiger partial charge is 0.373 e. The first-order valence-corrected chi connectivity index (χ1v) is 3.71. The van der Waals surface area contributed by atoms with Crippen LogP contribution in [0.25, 0.3) is 0 Å². The first-order valence-electron chi connectivity index (χ1n) is 3.71. The van der Waals surface area contributed by atoms with E-state index in [-0.39, 0.29) is 11.6 Å². The van der Waals surface area contributed by atoms with Crippen molar-refractivity contribution in [3.8, 4) is 0 Å². The van der Waals surface area contributed by atoms with Crippen molar-refractivity contribution in [1.82, 2.24) is 4.98 Å². The minimum Gasteiger partial charge on any atom is -0.373 e. The molecule has 1 heterocycles. The Morgan fingerprint density at radius 2 is 1.86 bits per heavy atom. The number of nitrogens with zero attached hydrogens (tertiary/aromatic N) is 1. The molecule has 0 aliphatic rings. The van der Waals surface area contributed by atoms with E-state index in [1.807, 2.05) is 0 Å². The molecule has 7 heteroatoms. The number of pyridine rings is 1. The third-order valence-electron chi connectivity index (χ3n) is 1.56. The van der Waals surface area contributed by atoms with Gasteiger partial charge in [0.2, 0.25) is 0 Å². The van der Waals surface area contributed by atoms with Crippen LogP contribution in [0.15, 0.2) is 12.1 Å². The van der Waals surface area contributed by atoms with E-state index in [9.17, 15) is 13.2 Å². The summed E-state index contributed by atoms with van der Waals surface area (Å²) < 4.78 is 36.9. The highest BCUT2D eigenvalue weighted by molar-refractivity contribution is 5.48. The molecule has 0 spiro atoms. The normalized spacial score (nSPS) is 11.2. The van der Waals surface area contributed by atoms with Crippen molar-refractivity contribution in [3.05, 3.63) is 17.7 Å². The summed E-state index contributed by atoms with van der Waals surface area (Å²) in [5.74, 6) is 5.04. The molecule has 0 radical (unpaired) electrons. The molecule has 0 aromatic carbocycles. The molecule has 0 fully saturated rings. The van der Waals surface area contributed by atoms with Gasteiger partial charge in [-0.05, 0) is 12.1 Å². The van der Waals surface area contributed by atoms with E-state index in [0.717, 1.165) is 12.1 Å². The van der Waals surface area contributed by atoms with Crippen LogP contribution in [0.1, 0.15) is 5.56 Å². The largest absolute Gasteiger partial charge is 0.416 e. The molecule has 0 saturated heterocycles. The molecule has 1 aromatic heterocycles. The van der Waals surface area contributed by atoms with Crippen molar-refractivity contribution in [1.29, 1.82) is 0 Å². The van der Waals surface area contributed by atoms with Crippen molar-refractivity contribution in [3.63, 3.8) is 0 Å². The van der Waals surface area contributed by atoms with E-state index in [2.05, 4.69) is 15.7 Å². The summed E-state index contributed by atoms with van der Waals surface area (Å²) in [5.41, 5.74) is 1.26. The average Bonchev–Trinajstić information content (AvgIpc) is 2.15. The van der Waals surface area contributed by atoms with Crippen LogP contribution in [0.3, 0.4) is 0 Å². The Kier molecular flexibility index (Phi) is 2.80. The van der Waals surface area contributed by atoms with Gasteiger partial charge in [0.05, 0.1) is 5.56 Å². The molecule has 0 unspecified atom stereocenters. The Hall–Kier alpha value is -1.50. The molecule has 14 heavy (non-hydrogen) atoms. The van der Waals surface area contributed by atoms with Gasteiger partial charge >= 0.3 is 6.18 Å². The van der Waals surface area contributed by atoms with Gasteiger partial charge in [-0.3, -0.25) is 0 Å². The summed E-state index contributed by atoms with van der Waals surface area (Å²) in [5, 5.41) is 2.51. The lowest BCUT2D eigenvalue weighted by atomic mass is 10.2. The molecule has 78 valence electrons. The molecule has 0 aliphatic heterocycles. The Labute approximate surface area is 78.3 Å². The number of rotatable bonds is 2. The number of nitrogens with two attached hydrogens (primary N) is 1. The van der Waals surface area contributed by atoms with E-state index in [4.69, 9.17) is 5.84 Å². The van der Waals surface area contributed by atoms with Gasteiger partial charge in [0.15, 0.2) is 0 Å². The van der Waals surface area contributed by atoms with Gasteiger partial charge in [-0.25, -0.2) is 10.8 Å². The zero-order chi connectivity index (χ0) is 10.8. The van der Waals surface area contributed by atoms with E-state index in [1.165, 1.54) is 7.05 Å². The first kappa shape index (κ1) is 10.6. The van der Waals surface area contributed by atoms with Crippen molar-refractivity contribution in [2.75, 3.05) is 17.8 Å². The van der Waals surface area contributed by atoms with E-state index in [0.29, 0.717) is 0 Å². The second kappa shape index (κ2) is 3.70. The summed E-state index contributed by atoms with van der Waals surface area (Å²) in [6, 6.07) is 1.74. The lowest BCUT2D eigenvalue weighted by Gasteiger charge is -2.10. The Morgan fingerprint density at radius 1 is 1.29 bits per heavy atom. The molecule has 0 aliphatic carbocycles. The number of hydrogen-bond donors (Lipinski definition) is 3. The Bertz CT molecular complexity index is 301. The predicted octanol–water partition coefficient (Wildman–Crippen LogP) is 1.43. The van der Waals surface area contributed by atoms with Gasteiger partial charge in [0, 0.05) is 7.05 Å². The molecule has 0 saturated carbocycles. The molecular formula is C7H9F3N4. The van der Waals surface area contributed by atoms with Crippen LogP contribution in [0.5, 0.6) is 0 Å². The molecule has 4 N–H and O–H groups in total. The Balaban J connectivity index is 3.17. The maximum atomic E-state index is 12.3. The fourth-order valence-electron chi connectivity index (χ4n) is 0.896. The van der Waals surface area contributed by atoms with E-state index < -0.39 is 11.7 Å². The van der Waals surface area contributed by atoms with Crippen LogP contribution < -0.4 is 16.6 Å². The summed E-state index contributed by atoms with van der Waals surface area (Å²) in [7, 11) is 1.47. The minimum atomic E-state index is -4.40. The number of hydrogen-bond acceptors (Lipinski definition) is 4. The molecule has 1 rings (SSSR count). The molecule has 0 amide bonds. The predicted molar refractivity (Wildman–Crippen MR) is 46.6 cm³/mol. The summed E-state index contributed by atoms with van der Waals surface area (Å²) >= 11 is 0. The molecule has 0 atom stereocenters. The third-order valence-corrected chi connectivity index (χ3v) is 1.56. The standard InChI is InChI=1S/C7H9F3N4/c1-12-5-2-4(7(8,9)10)3-6(13-5)14-11/h2-3H,11H2,1H3,(H2,12,13,14).